The number of halogens is 2. The first-order valence-corrected chi connectivity index (χ1v) is 10.6. The molecule has 0 spiro atoms. The Morgan fingerprint density at radius 1 is 0.875 bits per heavy atom. The largest absolute Gasteiger partial charge is 0.457 e. The monoisotopic (exact) mass is 462 g/mol. The van der Waals surface area contributed by atoms with Gasteiger partial charge in [-0.3, -0.25) is 4.79 Å². The molecule has 0 bridgehead atoms. The van der Waals surface area contributed by atoms with E-state index in [4.69, 9.17) is 32.4 Å². The Labute approximate surface area is 194 Å². The average Bonchev–Trinajstić information content (AvgIpc) is 3.27. The molecule has 32 heavy (non-hydrogen) atoms. The first kappa shape index (κ1) is 20.4. The number of para-hydroxylation sites is 2. The Morgan fingerprint density at radius 3 is 2.28 bits per heavy atom. The zero-order valence-electron chi connectivity index (χ0n) is 16.6. The normalized spacial score (nSPS) is 12.8. The molecule has 1 aliphatic rings. The zero-order valence-corrected chi connectivity index (χ0v) is 18.1. The van der Waals surface area contributed by atoms with Crippen LogP contribution in [0.1, 0.15) is 22.8 Å². The minimum Gasteiger partial charge on any atom is -0.457 e. The molecule has 158 valence electrons. The Bertz CT molecular complexity index is 1300. The summed E-state index contributed by atoms with van der Waals surface area (Å²) in [5, 5.41) is 4.95. The van der Waals surface area contributed by atoms with Gasteiger partial charge in [-0.25, -0.2) is 5.43 Å². The van der Waals surface area contributed by atoms with Crippen molar-refractivity contribution >= 4 is 35.3 Å². The van der Waals surface area contributed by atoms with Crippen LogP contribution in [0, 0.1) is 0 Å². The second-order valence-corrected chi connectivity index (χ2v) is 7.93. The maximum absolute atomic E-state index is 13.1. The van der Waals surface area contributed by atoms with Gasteiger partial charge in [0, 0.05) is 16.7 Å². The third-order valence-corrected chi connectivity index (χ3v) is 5.97. The Kier molecular flexibility index (Phi) is 5.43. The van der Waals surface area contributed by atoms with Crippen molar-refractivity contribution in [3.8, 4) is 22.8 Å². The Morgan fingerprint density at radius 2 is 1.56 bits per heavy atom. The summed E-state index contributed by atoms with van der Waals surface area (Å²) in [5.74, 6) is 1.52. The number of carbonyl (C=O) groups is 1. The molecule has 0 aliphatic carbocycles. The van der Waals surface area contributed by atoms with Gasteiger partial charge < -0.3 is 9.15 Å². The van der Waals surface area contributed by atoms with Crippen molar-refractivity contribution < 1.29 is 13.9 Å². The van der Waals surface area contributed by atoms with Gasteiger partial charge in [-0.1, -0.05) is 65.7 Å². The highest BCUT2D eigenvalue weighted by Crippen LogP contribution is 2.43. The predicted molar refractivity (Wildman–Crippen MR) is 125 cm³/mol. The number of hydrogen-bond donors (Lipinski definition) is 1. The molecule has 3 aromatic carbocycles. The molecule has 4 aromatic rings. The number of carbonyl (C=O) groups excluding carboxylic acids is 1. The number of nitrogens with one attached hydrogen (secondary N) is 1. The van der Waals surface area contributed by atoms with Crippen molar-refractivity contribution in [2.45, 2.75) is 5.92 Å². The summed E-state index contributed by atoms with van der Waals surface area (Å²) in [5.41, 5.74) is 4.87. The van der Waals surface area contributed by atoms with Gasteiger partial charge in [-0.05, 0) is 36.4 Å². The topological polar surface area (TPSA) is 63.8 Å². The highest BCUT2D eigenvalue weighted by molar-refractivity contribution is 6.43. The van der Waals surface area contributed by atoms with Gasteiger partial charge in [0.15, 0.2) is 0 Å². The van der Waals surface area contributed by atoms with E-state index < -0.39 is 5.92 Å². The fraction of sp³-hybridized carbons (Fsp3) is 0.0400. The van der Waals surface area contributed by atoms with Gasteiger partial charge >= 0.3 is 0 Å². The first-order chi connectivity index (χ1) is 15.6. The summed E-state index contributed by atoms with van der Waals surface area (Å²) < 4.78 is 11.7. The van der Waals surface area contributed by atoms with Crippen molar-refractivity contribution in [2.24, 2.45) is 5.10 Å². The molecule has 1 aromatic heterocycles. The number of rotatable bonds is 4. The molecule has 1 N–H and O–H groups in total. The van der Waals surface area contributed by atoms with Crippen LogP contribution in [0.2, 0.25) is 10.0 Å². The molecule has 0 saturated carbocycles. The lowest BCUT2D eigenvalue weighted by atomic mass is 9.87. The number of hydrogen-bond acceptors (Lipinski definition) is 4. The fourth-order valence-electron chi connectivity index (χ4n) is 3.68. The number of fused-ring (bicyclic) bond motifs is 2. The maximum atomic E-state index is 13.1. The van der Waals surface area contributed by atoms with Crippen molar-refractivity contribution in [2.75, 3.05) is 0 Å². The molecule has 7 heteroatoms. The van der Waals surface area contributed by atoms with E-state index in [-0.39, 0.29) is 5.91 Å². The fourth-order valence-corrected chi connectivity index (χ4v) is 4.07. The van der Waals surface area contributed by atoms with Crippen molar-refractivity contribution in [1.29, 1.82) is 0 Å². The van der Waals surface area contributed by atoms with Crippen LogP contribution < -0.4 is 10.2 Å². The van der Waals surface area contributed by atoms with E-state index in [9.17, 15) is 4.79 Å². The second-order valence-electron chi connectivity index (χ2n) is 7.15. The van der Waals surface area contributed by atoms with Gasteiger partial charge in [-0.15, -0.1) is 0 Å². The summed E-state index contributed by atoms with van der Waals surface area (Å²) in [6, 6.07) is 23.8. The van der Waals surface area contributed by atoms with Gasteiger partial charge in [0.05, 0.1) is 22.2 Å². The molecule has 2 heterocycles. The lowest BCUT2D eigenvalue weighted by molar-refractivity contribution is -0.121. The van der Waals surface area contributed by atoms with Crippen LogP contribution in [0.15, 0.2) is 88.4 Å². The number of amides is 1. The van der Waals surface area contributed by atoms with Crippen LogP contribution in [0.25, 0.3) is 11.3 Å². The number of benzene rings is 3. The number of furan rings is 1. The lowest BCUT2D eigenvalue weighted by Crippen LogP contribution is -2.28. The summed E-state index contributed by atoms with van der Waals surface area (Å²) in [4.78, 5) is 13.1. The molecule has 1 aliphatic heterocycles. The van der Waals surface area contributed by atoms with E-state index in [1.807, 2.05) is 54.6 Å². The van der Waals surface area contributed by atoms with Gasteiger partial charge in [0.1, 0.15) is 23.0 Å². The highest BCUT2D eigenvalue weighted by Gasteiger charge is 2.32. The molecule has 0 fully saturated rings. The molecule has 0 unspecified atom stereocenters. The first-order valence-electron chi connectivity index (χ1n) is 9.84. The van der Waals surface area contributed by atoms with Crippen LogP contribution >= 0.6 is 23.2 Å². The number of hydrazone groups is 1. The second kappa shape index (κ2) is 8.54. The predicted octanol–water partition coefficient (Wildman–Crippen LogP) is 6.64. The Balaban J connectivity index is 1.36. The van der Waals surface area contributed by atoms with E-state index in [0.29, 0.717) is 38.6 Å². The van der Waals surface area contributed by atoms with E-state index in [2.05, 4.69) is 10.5 Å². The van der Waals surface area contributed by atoms with Crippen LogP contribution in [0.5, 0.6) is 11.5 Å². The smallest absolute Gasteiger partial charge is 0.252 e. The lowest BCUT2D eigenvalue weighted by Gasteiger charge is -2.26. The van der Waals surface area contributed by atoms with Crippen molar-refractivity contribution in [3.05, 3.63) is 106 Å². The maximum Gasteiger partial charge on any atom is 0.252 e. The van der Waals surface area contributed by atoms with Crippen molar-refractivity contribution in [1.82, 2.24) is 5.43 Å². The SMILES string of the molecule is O=C(NN=Cc1ccc(-c2cccc(Cl)c2Cl)o1)C1c2ccccc2Oc2ccccc21. The quantitative estimate of drug-likeness (QED) is 0.273. The van der Waals surface area contributed by atoms with Crippen molar-refractivity contribution in [3.63, 3.8) is 0 Å². The standard InChI is InChI=1S/C25H16Cl2N2O3/c26-19-9-5-8-18(24(19)27)22-13-12-15(31-22)14-28-29-25(30)23-16-6-1-3-10-20(16)32-21-11-4-2-7-17(21)23/h1-14,23H,(H,29,30). The number of ether oxygens (including phenoxy) is 1. The van der Waals surface area contributed by atoms with Gasteiger partial charge in [-0.2, -0.15) is 5.10 Å². The third kappa shape index (κ3) is 3.77. The Hall–Kier alpha value is -3.54. The molecular formula is C25H16Cl2N2O3. The van der Waals surface area contributed by atoms with Gasteiger partial charge in [0.2, 0.25) is 0 Å². The molecule has 5 rings (SSSR count). The molecule has 0 radical (unpaired) electrons. The van der Waals surface area contributed by atoms with Crippen LogP contribution in [0.4, 0.5) is 0 Å². The van der Waals surface area contributed by atoms with E-state index in [1.165, 1.54) is 6.21 Å². The molecule has 1 amide bonds. The summed E-state index contributed by atoms with van der Waals surface area (Å²) in [7, 11) is 0. The molecule has 5 nitrogen and oxygen atoms in total. The molecule has 0 saturated heterocycles. The van der Waals surface area contributed by atoms with E-state index >= 15 is 0 Å². The van der Waals surface area contributed by atoms with Gasteiger partial charge in [0.25, 0.3) is 5.91 Å². The molecule has 0 atom stereocenters. The minimum absolute atomic E-state index is 0.269. The highest BCUT2D eigenvalue weighted by atomic mass is 35.5. The van der Waals surface area contributed by atoms with Crippen LogP contribution in [-0.4, -0.2) is 12.1 Å². The summed E-state index contributed by atoms with van der Waals surface area (Å²) in [6.07, 6.45) is 1.44. The third-order valence-electron chi connectivity index (χ3n) is 5.15. The zero-order chi connectivity index (χ0) is 22.1. The van der Waals surface area contributed by atoms with Crippen LogP contribution in [0.3, 0.4) is 0 Å². The van der Waals surface area contributed by atoms with E-state index in [0.717, 1.165) is 11.1 Å². The summed E-state index contributed by atoms with van der Waals surface area (Å²) in [6.45, 7) is 0. The molecular weight excluding hydrogens is 447 g/mol. The number of nitrogens with zero attached hydrogens (tertiary/aromatic N) is 1. The van der Waals surface area contributed by atoms with E-state index in [1.54, 1.807) is 24.3 Å². The summed E-state index contributed by atoms with van der Waals surface area (Å²) >= 11 is 12.3. The van der Waals surface area contributed by atoms with Crippen LogP contribution in [-0.2, 0) is 4.79 Å². The average molecular weight is 463 g/mol. The minimum atomic E-state index is -0.536.